The Kier molecular flexibility index (Phi) is 5.78. The zero-order chi connectivity index (χ0) is 13.5. The number of esters is 1. The van der Waals surface area contributed by atoms with Crippen molar-refractivity contribution in [3.05, 3.63) is 34.6 Å². The number of ether oxygens (including phenoxy) is 1. The number of rotatable bonds is 6. The maximum atomic E-state index is 13.4. The van der Waals surface area contributed by atoms with Gasteiger partial charge < -0.3 is 4.74 Å². The zero-order valence-corrected chi connectivity index (χ0v) is 10.8. The third-order valence-corrected chi connectivity index (χ3v) is 2.55. The van der Waals surface area contributed by atoms with Gasteiger partial charge in [-0.3, -0.25) is 9.59 Å². The van der Waals surface area contributed by atoms with Gasteiger partial charge in [-0.2, -0.15) is 0 Å². The topological polar surface area (TPSA) is 43.4 Å². The van der Waals surface area contributed by atoms with Gasteiger partial charge in [0.05, 0.1) is 13.0 Å². The summed E-state index contributed by atoms with van der Waals surface area (Å²) in [6.45, 7) is 1.99. The summed E-state index contributed by atoms with van der Waals surface area (Å²) in [6.07, 6.45) is 0.0468. The first kappa shape index (κ1) is 14.6. The van der Waals surface area contributed by atoms with Gasteiger partial charge in [-0.1, -0.05) is 17.7 Å². The van der Waals surface area contributed by atoms with Crippen molar-refractivity contribution in [2.24, 2.45) is 0 Å². The molecule has 0 bridgehead atoms. The van der Waals surface area contributed by atoms with Crippen LogP contribution >= 0.6 is 11.6 Å². The second-order valence-corrected chi connectivity index (χ2v) is 4.19. The Balaban J connectivity index is 2.47. The Bertz CT molecular complexity index is 446. The molecule has 0 amide bonds. The highest BCUT2D eigenvalue weighted by Gasteiger charge is 2.11. The molecule has 1 aromatic rings. The van der Waals surface area contributed by atoms with E-state index in [4.69, 9.17) is 16.3 Å². The first-order valence-corrected chi connectivity index (χ1v) is 6.02. The number of benzene rings is 1. The standard InChI is InChI=1S/C13H14ClFO3/c1-2-18-13(17)6-5-11(16)7-9-3-4-10(14)8-12(9)15/h3-4,8H,2,5-7H2,1H3. The summed E-state index contributed by atoms with van der Waals surface area (Å²) in [5, 5.41) is 0.287. The number of hydrogen-bond acceptors (Lipinski definition) is 3. The van der Waals surface area contributed by atoms with E-state index in [1.54, 1.807) is 6.92 Å². The molecule has 0 saturated carbocycles. The van der Waals surface area contributed by atoms with Gasteiger partial charge in [-0.15, -0.1) is 0 Å². The van der Waals surface area contributed by atoms with E-state index in [0.29, 0.717) is 6.61 Å². The van der Waals surface area contributed by atoms with E-state index in [1.807, 2.05) is 0 Å². The molecule has 0 N–H and O–H groups in total. The highest BCUT2D eigenvalue weighted by molar-refractivity contribution is 6.30. The molecule has 0 radical (unpaired) electrons. The van der Waals surface area contributed by atoms with Crippen molar-refractivity contribution < 1.29 is 18.7 Å². The van der Waals surface area contributed by atoms with Gasteiger partial charge in [0.1, 0.15) is 11.6 Å². The molecule has 0 aliphatic carbocycles. The minimum Gasteiger partial charge on any atom is -0.466 e. The second-order valence-electron chi connectivity index (χ2n) is 3.76. The molecule has 0 aromatic heterocycles. The molecule has 0 aliphatic rings. The molecule has 18 heavy (non-hydrogen) atoms. The molecule has 0 unspecified atom stereocenters. The first-order valence-electron chi connectivity index (χ1n) is 5.64. The molecule has 0 saturated heterocycles. The van der Waals surface area contributed by atoms with E-state index in [0.717, 1.165) is 6.07 Å². The van der Waals surface area contributed by atoms with Crippen molar-refractivity contribution in [1.82, 2.24) is 0 Å². The molecule has 5 heteroatoms. The Morgan fingerprint density at radius 2 is 2.06 bits per heavy atom. The van der Waals surface area contributed by atoms with E-state index in [1.165, 1.54) is 12.1 Å². The minimum atomic E-state index is -0.507. The Labute approximate surface area is 110 Å². The van der Waals surface area contributed by atoms with Crippen molar-refractivity contribution in [3.63, 3.8) is 0 Å². The smallest absolute Gasteiger partial charge is 0.306 e. The maximum Gasteiger partial charge on any atom is 0.306 e. The molecule has 3 nitrogen and oxygen atoms in total. The van der Waals surface area contributed by atoms with Crippen LogP contribution in [-0.4, -0.2) is 18.4 Å². The molecule has 98 valence electrons. The van der Waals surface area contributed by atoms with E-state index < -0.39 is 11.8 Å². The highest BCUT2D eigenvalue weighted by atomic mass is 35.5. The molecule has 0 spiro atoms. The molecule has 0 atom stereocenters. The maximum absolute atomic E-state index is 13.4. The van der Waals surface area contributed by atoms with Gasteiger partial charge in [0.25, 0.3) is 0 Å². The molecule has 1 rings (SSSR count). The van der Waals surface area contributed by atoms with Crippen LogP contribution in [0.2, 0.25) is 5.02 Å². The summed E-state index contributed by atoms with van der Waals surface area (Å²) in [7, 11) is 0. The molecule has 0 aliphatic heterocycles. The van der Waals surface area contributed by atoms with Crippen molar-refractivity contribution in [3.8, 4) is 0 Å². The fraction of sp³-hybridized carbons (Fsp3) is 0.385. The van der Waals surface area contributed by atoms with Crippen LogP contribution in [0.15, 0.2) is 18.2 Å². The first-order chi connectivity index (χ1) is 8.52. The van der Waals surface area contributed by atoms with Gasteiger partial charge in [-0.25, -0.2) is 4.39 Å². The number of carbonyl (C=O) groups is 2. The average Bonchev–Trinajstić information content (AvgIpc) is 2.31. The number of hydrogen-bond donors (Lipinski definition) is 0. The minimum absolute atomic E-state index is 0.0296. The Morgan fingerprint density at radius 3 is 2.67 bits per heavy atom. The summed E-state index contributed by atoms with van der Waals surface area (Å²) in [5.41, 5.74) is 0.285. The Hall–Kier alpha value is -1.42. The van der Waals surface area contributed by atoms with Crippen LogP contribution in [0.1, 0.15) is 25.3 Å². The van der Waals surface area contributed by atoms with E-state index in [9.17, 15) is 14.0 Å². The summed E-state index contributed by atoms with van der Waals surface area (Å²) in [4.78, 5) is 22.6. The second kappa shape index (κ2) is 7.11. The fourth-order valence-electron chi connectivity index (χ4n) is 1.44. The largest absolute Gasteiger partial charge is 0.466 e. The van der Waals surface area contributed by atoms with Gasteiger partial charge in [0.2, 0.25) is 0 Å². The van der Waals surface area contributed by atoms with Crippen LogP contribution in [0, 0.1) is 5.82 Å². The third kappa shape index (κ3) is 4.84. The van der Waals surface area contributed by atoms with Crippen molar-refractivity contribution >= 4 is 23.4 Å². The lowest BCUT2D eigenvalue weighted by molar-refractivity contribution is -0.144. The Morgan fingerprint density at radius 1 is 1.33 bits per heavy atom. The summed E-state index contributed by atoms with van der Waals surface area (Å²) in [5.74, 6) is -1.13. The van der Waals surface area contributed by atoms with Crippen molar-refractivity contribution in [2.45, 2.75) is 26.2 Å². The monoisotopic (exact) mass is 272 g/mol. The molecule has 0 heterocycles. The quantitative estimate of drug-likeness (QED) is 0.748. The van der Waals surface area contributed by atoms with Gasteiger partial charge in [0.15, 0.2) is 0 Å². The lowest BCUT2D eigenvalue weighted by Crippen LogP contribution is -2.10. The van der Waals surface area contributed by atoms with Crippen LogP contribution in [0.3, 0.4) is 0 Å². The third-order valence-electron chi connectivity index (χ3n) is 2.32. The molecule has 1 aromatic carbocycles. The predicted molar refractivity (Wildman–Crippen MR) is 66.0 cm³/mol. The predicted octanol–water partition coefficient (Wildman–Crippen LogP) is 2.93. The van der Waals surface area contributed by atoms with Crippen LogP contribution in [-0.2, 0) is 20.7 Å². The lowest BCUT2D eigenvalue weighted by Gasteiger charge is -2.03. The highest BCUT2D eigenvalue weighted by Crippen LogP contribution is 2.15. The fourth-order valence-corrected chi connectivity index (χ4v) is 1.60. The summed E-state index contributed by atoms with van der Waals surface area (Å²) < 4.78 is 18.1. The van der Waals surface area contributed by atoms with E-state index in [-0.39, 0.29) is 35.6 Å². The van der Waals surface area contributed by atoms with Crippen molar-refractivity contribution in [1.29, 1.82) is 0 Å². The summed E-state index contributed by atoms with van der Waals surface area (Å²) >= 11 is 5.60. The van der Waals surface area contributed by atoms with E-state index >= 15 is 0 Å². The number of Topliss-reactive ketones (excluding diaryl/α,β-unsaturated/α-hetero) is 1. The average molecular weight is 273 g/mol. The SMILES string of the molecule is CCOC(=O)CCC(=O)Cc1ccc(Cl)cc1F. The summed E-state index contributed by atoms with van der Waals surface area (Å²) in [6, 6.07) is 4.16. The van der Waals surface area contributed by atoms with Crippen molar-refractivity contribution in [2.75, 3.05) is 6.61 Å². The van der Waals surface area contributed by atoms with Gasteiger partial charge >= 0.3 is 5.97 Å². The van der Waals surface area contributed by atoms with Gasteiger partial charge in [-0.05, 0) is 24.6 Å². The normalized spacial score (nSPS) is 10.2. The van der Waals surface area contributed by atoms with Crippen LogP contribution in [0.25, 0.3) is 0 Å². The molecule has 0 fully saturated rings. The van der Waals surface area contributed by atoms with Crippen LogP contribution in [0.5, 0.6) is 0 Å². The van der Waals surface area contributed by atoms with Gasteiger partial charge in [0, 0.05) is 17.9 Å². The number of carbonyl (C=O) groups excluding carboxylic acids is 2. The molecular weight excluding hydrogens is 259 g/mol. The number of halogens is 2. The van der Waals surface area contributed by atoms with Crippen LogP contribution < -0.4 is 0 Å². The zero-order valence-electron chi connectivity index (χ0n) is 10.0. The van der Waals surface area contributed by atoms with E-state index in [2.05, 4.69) is 0 Å². The molecular formula is C13H14ClFO3. The van der Waals surface area contributed by atoms with Crippen LogP contribution in [0.4, 0.5) is 4.39 Å². The number of ketones is 1. The lowest BCUT2D eigenvalue weighted by atomic mass is 10.1.